The van der Waals surface area contributed by atoms with Gasteiger partial charge in [-0.2, -0.15) is 0 Å². The summed E-state index contributed by atoms with van der Waals surface area (Å²) in [5, 5.41) is 34.3. The van der Waals surface area contributed by atoms with Crippen molar-refractivity contribution >= 4 is 41.6 Å². The zero-order chi connectivity index (χ0) is 28.7. The molecule has 0 spiro atoms. The highest BCUT2D eigenvalue weighted by Crippen LogP contribution is 2.07. The molecule has 0 bridgehead atoms. The highest BCUT2D eigenvalue weighted by atomic mass is 16.4. The van der Waals surface area contributed by atoms with E-state index < -0.39 is 79.1 Å². The van der Waals surface area contributed by atoms with Crippen LogP contribution in [0, 0.1) is 5.92 Å². The minimum Gasteiger partial charge on any atom is -0.481 e. The number of aliphatic imine (C=N–C) groups is 1. The number of carboxylic acids is 3. The number of nitrogens with one attached hydrogen (secondary N) is 3. The molecule has 4 unspecified atom stereocenters. The van der Waals surface area contributed by atoms with Gasteiger partial charge in [-0.05, 0) is 31.6 Å². The maximum Gasteiger partial charge on any atom is 0.326 e. The molecule has 16 heteroatoms. The Morgan fingerprint density at radius 3 is 1.54 bits per heavy atom. The fraction of sp³-hybridized carbons (Fsp3) is 0.667. The number of aliphatic carboxylic acids is 3. The number of rotatable bonds is 18. The molecule has 0 rings (SSSR count). The topological polar surface area (TPSA) is 290 Å². The summed E-state index contributed by atoms with van der Waals surface area (Å²) in [6.07, 6.45) is -1.67. The Morgan fingerprint density at radius 2 is 1.16 bits per heavy atom. The van der Waals surface area contributed by atoms with Crippen LogP contribution in [-0.4, -0.2) is 87.6 Å². The summed E-state index contributed by atoms with van der Waals surface area (Å²) in [6.45, 7) is 3.43. The summed E-state index contributed by atoms with van der Waals surface area (Å²) in [5.41, 5.74) is 16.2. The van der Waals surface area contributed by atoms with Crippen LogP contribution in [-0.2, 0) is 28.8 Å². The van der Waals surface area contributed by atoms with Crippen LogP contribution >= 0.6 is 0 Å². The average molecular weight is 532 g/mol. The van der Waals surface area contributed by atoms with E-state index in [0.717, 1.165) is 0 Å². The van der Waals surface area contributed by atoms with Crippen molar-refractivity contribution in [2.24, 2.45) is 28.1 Å². The van der Waals surface area contributed by atoms with Gasteiger partial charge in [0.25, 0.3) is 0 Å². The monoisotopic (exact) mass is 531 g/mol. The number of carbonyl (C=O) groups excluding carboxylic acids is 3. The van der Waals surface area contributed by atoms with Crippen molar-refractivity contribution in [2.45, 2.75) is 76.5 Å². The molecule has 16 nitrogen and oxygen atoms in total. The molecule has 0 heterocycles. The van der Waals surface area contributed by atoms with Gasteiger partial charge in [0.15, 0.2) is 5.96 Å². The van der Waals surface area contributed by atoms with Crippen molar-refractivity contribution in [2.75, 3.05) is 6.54 Å². The summed E-state index contributed by atoms with van der Waals surface area (Å²) in [4.78, 5) is 75.4. The van der Waals surface area contributed by atoms with Gasteiger partial charge in [0.1, 0.15) is 18.1 Å². The van der Waals surface area contributed by atoms with Crippen LogP contribution in [0.1, 0.15) is 52.4 Å². The first-order chi connectivity index (χ1) is 17.1. The number of nitrogens with two attached hydrogens (primary N) is 3. The second kappa shape index (κ2) is 16.7. The Bertz CT molecular complexity index is 859. The zero-order valence-electron chi connectivity index (χ0n) is 20.8. The maximum absolute atomic E-state index is 12.9. The lowest BCUT2D eigenvalue weighted by atomic mass is 10.0. The smallest absolute Gasteiger partial charge is 0.326 e. The van der Waals surface area contributed by atoms with Crippen LogP contribution in [0.4, 0.5) is 0 Å². The number of guanidine groups is 1. The van der Waals surface area contributed by atoms with Gasteiger partial charge in [-0.3, -0.25) is 29.0 Å². The maximum atomic E-state index is 12.9. The van der Waals surface area contributed by atoms with E-state index in [-0.39, 0.29) is 37.7 Å². The van der Waals surface area contributed by atoms with E-state index in [4.69, 9.17) is 27.4 Å². The number of hydrogen-bond acceptors (Lipinski definition) is 8. The first kappa shape index (κ1) is 33.0. The van der Waals surface area contributed by atoms with Crippen LogP contribution < -0.4 is 33.2 Å². The lowest BCUT2D eigenvalue weighted by Crippen LogP contribution is -2.57. The SMILES string of the molecule is CC(C)C(N)C(=O)NC(CCC(=O)O)C(=O)NC(CCC(=O)O)C(=O)NC(CCCN=C(N)N)C(=O)O. The molecule has 210 valence electrons. The lowest BCUT2D eigenvalue weighted by molar-refractivity contribution is -0.143. The van der Waals surface area contributed by atoms with Crippen LogP contribution in [0.3, 0.4) is 0 Å². The molecule has 37 heavy (non-hydrogen) atoms. The van der Waals surface area contributed by atoms with Gasteiger partial charge < -0.3 is 48.5 Å². The molecule has 0 aliphatic rings. The summed E-state index contributed by atoms with van der Waals surface area (Å²) < 4.78 is 0. The van der Waals surface area contributed by atoms with Crippen molar-refractivity contribution in [3.8, 4) is 0 Å². The lowest BCUT2D eigenvalue weighted by Gasteiger charge is -2.25. The molecular weight excluding hydrogens is 494 g/mol. The highest BCUT2D eigenvalue weighted by Gasteiger charge is 2.31. The molecule has 0 aliphatic heterocycles. The highest BCUT2D eigenvalue weighted by molar-refractivity contribution is 5.94. The number of amides is 3. The summed E-state index contributed by atoms with van der Waals surface area (Å²) >= 11 is 0. The van der Waals surface area contributed by atoms with E-state index in [1.807, 2.05) is 0 Å². The van der Waals surface area contributed by atoms with Gasteiger partial charge in [0.05, 0.1) is 6.04 Å². The summed E-state index contributed by atoms with van der Waals surface area (Å²) in [7, 11) is 0. The van der Waals surface area contributed by atoms with E-state index in [1.54, 1.807) is 13.8 Å². The molecule has 4 atom stereocenters. The molecule has 0 aliphatic carbocycles. The van der Waals surface area contributed by atoms with Crippen LogP contribution in [0.2, 0.25) is 0 Å². The van der Waals surface area contributed by atoms with Crippen molar-refractivity contribution in [1.29, 1.82) is 0 Å². The predicted molar refractivity (Wildman–Crippen MR) is 130 cm³/mol. The Labute approximate surface area is 213 Å². The summed E-state index contributed by atoms with van der Waals surface area (Å²) in [5.74, 6) is -7.05. The molecule has 0 saturated heterocycles. The summed E-state index contributed by atoms with van der Waals surface area (Å²) in [6, 6.07) is -5.28. The number of hydrogen-bond donors (Lipinski definition) is 9. The van der Waals surface area contributed by atoms with Crippen molar-refractivity contribution < 1.29 is 44.1 Å². The molecule has 12 N–H and O–H groups in total. The second-order valence-corrected chi connectivity index (χ2v) is 8.61. The average Bonchev–Trinajstić information content (AvgIpc) is 2.79. The van der Waals surface area contributed by atoms with Gasteiger partial charge in [0.2, 0.25) is 17.7 Å². The molecule has 0 fully saturated rings. The third-order valence-corrected chi connectivity index (χ3v) is 5.14. The molecule has 3 amide bonds. The zero-order valence-corrected chi connectivity index (χ0v) is 20.8. The molecule has 0 saturated carbocycles. The Morgan fingerprint density at radius 1 is 0.730 bits per heavy atom. The fourth-order valence-electron chi connectivity index (χ4n) is 2.95. The number of carboxylic acid groups (broad SMARTS) is 3. The molecule has 0 aromatic carbocycles. The fourth-order valence-corrected chi connectivity index (χ4v) is 2.95. The van der Waals surface area contributed by atoms with E-state index >= 15 is 0 Å². The third-order valence-electron chi connectivity index (χ3n) is 5.14. The minimum absolute atomic E-state index is 0.0676. The minimum atomic E-state index is -1.49. The van der Waals surface area contributed by atoms with Gasteiger partial charge in [0, 0.05) is 19.4 Å². The van der Waals surface area contributed by atoms with Gasteiger partial charge in [-0.25, -0.2) is 4.79 Å². The van der Waals surface area contributed by atoms with E-state index in [0.29, 0.717) is 0 Å². The van der Waals surface area contributed by atoms with E-state index in [9.17, 15) is 33.9 Å². The first-order valence-electron chi connectivity index (χ1n) is 11.5. The first-order valence-corrected chi connectivity index (χ1v) is 11.5. The Hall–Kier alpha value is -3.95. The molecule has 0 radical (unpaired) electrons. The quantitative estimate of drug-likeness (QED) is 0.0495. The molecule has 0 aromatic rings. The standard InChI is InChI=1S/C21H37N7O9/c1-10(2)16(22)19(35)27-12(6-8-15(31)32)17(33)26-11(5-7-14(29)30)18(34)28-13(20(36)37)4-3-9-25-21(23)24/h10-13,16H,3-9,22H2,1-2H3,(H,26,33)(H,27,35)(H,28,34)(H,29,30)(H,31,32)(H,36,37)(H4,23,24,25). The van der Waals surface area contributed by atoms with Gasteiger partial charge in [-0.15, -0.1) is 0 Å². The Balaban J connectivity index is 5.61. The molecule has 0 aromatic heterocycles. The van der Waals surface area contributed by atoms with Gasteiger partial charge >= 0.3 is 17.9 Å². The number of nitrogens with zero attached hydrogens (tertiary/aromatic N) is 1. The van der Waals surface area contributed by atoms with Gasteiger partial charge in [-0.1, -0.05) is 13.8 Å². The molecular formula is C21H37N7O9. The van der Waals surface area contributed by atoms with Crippen LogP contribution in [0.5, 0.6) is 0 Å². The van der Waals surface area contributed by atoms with E-state index in [2.05, 4.69) is 20.9 Å². The normalized spacial score (nSPS) is 13.9. The predicted octanol–water partition coefficient (Wildman–Crippen LogP) is -2.71. The van der Waals surface area contributed by atoms with Crippen LogP contribution in [0.15, 0.2) is 4.99 Å². The Kier molecular flexibility index (Phi) is 14.9. The third kappa shape index (κ3) is 14.3. The number of carbonyl (C=O) groups is 6. The second-order valence-electron chi connectivity index (χ2n) is 8.61. The van der Waals surface area contributed by atoms with E-state index in [1.165, 1.54) is 0 Å². The van der Waals surface area contributed by atoms with Crippen LogP contribution in [0.25, 0.3) is 0 Å². The van der Waals surface area contributed by atoms with Crippen molar-refractivity contribution in [1.82, 2.24) is 16.0 Å². The largest absolute Gasteiger partial charge is 0.481 e. The van der Waals surface area contributed by atoms with Crippen molar-refractivity contribution in [3.05, 3.63) is 0 Å². The van der Waals surface area contributed by atoms with Crippen molar-refractivity contribution in [3.63, 3.8) is 0 Å².